The van der Waals surface area contributed by atoms with Crippen LogP contribution in [-0.2, 0) is 0 Å². The summed E-state index contributed by atoms with van der Waals surface area (Å²) in [5, 5.41) is 8.91. The van der Waals surface area contributed by atoms with E-state index in [-0.39, 0.29) is 17.7 Å². The minimum Gasteiger partial charge on any atom is -0.508 e. The molecule has 0 saturated carbocycles. The second kappa shape index (κ2) is 3.52. The maximum absolute atomic E-state index is 12.9. The van der Waals surface area contributed by atoms with Crippen LogP contribution in [0.3, 0.4) is 0 Å². The van der Waals surface area contributed by atoms with E-state index in [0.717, 1.165) is 12.1 Å². The number of rotatable bonds is 2. The van der Waals surface area contributed by atoms with E-state index in [4.69, 9.17) is 5.11 Å². The molecular formula is C9H9F2O. The zero-order chi connectivity index (χ0) is 9.14. The summed E-state index contributed by atoms with van der Waals surface area (Å²) in [6, 6.07) is 3.17. The monoisotopic (exact) mass is 171 g/mol. The Bertz CT molecular complexity index is 253. The smallest absolute Gasteiger partial charge is 0.127 e. The fourth-order valence-electron chi connectivity index (χ4n) is 0.944. The van der Waals surface area contributed by atoms with Crippen molar-refractivity contribution in [2.45, 2.75) is 12.6 Å². The Balaban J connectivity index is 3.00. The molecule has 1 radical (unpaired) electrons. The molecule has 1 rings (SSSR count). The van der Waals surface area contributed by atoms with Gasteiger partial charge >= 0.3 is 0 Å². The minimum atomic E-state index is -1.31. The topological polar surface area (TPSA) is 20.2 Å². The first-order valence-electron chi connectivity index (χ1n) is 3.56. The summed E-state index contributed by atoms with van der Waals surface area (Å²) in [6.07, 6.45) is -1.28. The van der Waals surface area contributed by atoms with Gasteiger partial charge in [0.25, 0.3) is 0 Å². The molecule has 1 aromatic carbocycles. The molecule has 0 aliphatic rings. The Kier molecular flexibility index (Phi) is 2.63. The van der Waals surface area contributed by atoms with Gasteiger partial charge in [0.05, 0.1) is 0 Å². The average Bonchev–Trinajstić information content (AvgIpc) is 2.01. The first-order valence-corrected chi connectivity index (χ1v) is 3.56. The first-order chi connectivity index (χ1) is 5.63. The van der Waals surface area contributed by atoms with Crippen LogP contribution in [0.15, 0.2) is 18.2 Å². The van der Waals surface area contributed by atoms with Crippen LogP contribution < -0.4 is 0 Å². The van der Waals surface area contributed by atoms with Crippen molar-refractivity contribution in [3.63, 3.8) is 0 Å². The Morgan fingerprint density at radius 1 is 1.42 bits per heavy atom. The van der Waals surface area contributed by atoms with Crippen molar-refractivity contribution in [3.8, 4) is 5.75 Å². The van der Waals surface area contributed by atoms with Crippen LogP contribution in [0.2, 0.25) is 0 Å². The van der Waals surface area contributed by atoms with E-state index >= 15 is 0 Å². The summed E-state index contributed by atoms with van der Waals surface area (Å²) < 4.78 is 25.5. The molecule has 0 aromatic heterocycles. The van der Waals surface area contributed by atoms with E-state index < -0.39 is 12.0 Å². The fraction of sp³-hybridized carbons (Fsp3) is 0.222. The first kappa shape index (κ1) is 8.97. The van der Waals surface area contributed by atoms with Gasteiger partial charge in [0.1, 0.15) is 17.7 Å². The van der Waals surface area contributed by atoms with Crippen LogP contribution in [-0.4, -0.2) is 5.11 Å². The number of halogens is 2. The summed E-state index contributed by atoms with van der Waals surface area (Å²) in [5.41, 5.74) is 0.127. The van der Waals surface area contributed by atoms with E-state index in [0.29, 0.717) is 0 Å². The lowest BCUT2D eigenvalue weighted by Gasteiger charge is -2.05. The van der Waals surface area contributed by atoms with E-state index in [1.807, 2.05) is 0 Å². The van der Waals surface area contributed by atoms with Crippen LogP contribution in [0.5, 0.6) is 5.75 Å². The van der Waals surface area contributed by atoms with Crippen LogP contribution in [0.4, 0.5) is 8.78 Å². The molecule has 0 bridgehead atoms. The lowest BCUT2D eigenvalue weighted by molar-refractivity contribution is 0.343. The van der Waals surface area contributed by atoms with Gasteiger partial charge in [-0.25, -0.2) is 8.78 Å². The predicted octanol–water partition coefficient (Wildman–Crippen LogP) is 2.77. The molecule has 1 atom stereocenters. The minimum absolute atomic E-state index is 0.0306. The largest absolute Gasteiger partial charge is 0.508 e. The highest BCUT2D eigenvalue weighted by Gasteiger charge is 2.09. The van der Waals surface area contributed by atoms with Crippen molar-refractivity contribution < 1.29 is 13.9 Å². The van der Waals surface area contributed by atoms with Crippen molar-refractivity contribution in [2.24, 2.45) is 0 Å². The Hall–Kier alpha value is -1.12. The second-order valence-corrected chi connectivity index (χ2v) is 2.50. The van der Waals surface area contributed by atoms with Gasteiger partial charge in [-0.05, 0) is 24.1 Å². The van der Waals surface area contributed by atoms with E-state index in [1.54, 1.807) is 0 Å². The standard InChI is InChI=1S/C9H9F2O/c1-2-9(11)6-3-7(10)5-8(12)4-6/h3-5,9,12H,1-2H2. The lowest BCUT2D eigenvalue weighted by atomic mass is 10.1. The maximum atomic E-state index is 12.9. The SMILES string of the molecule is [CH2]CC(F)c1cc(O)cc(F)c1. The maximum Gasteiger partial charge on any atom is 0.127 e. The molecule has 0 saturated heterocycles. The number of alkyl halides is 1. The van der Waals surface area contributed by atoms with Crippen LogP contribution in [0.1, 0.15) is 18.2 Å². The number of benzene rings is 1. The Labute approximate surface area is 69.7 Å². The fourth-order valence-corrected chi connectivity index (χ4v) is 0.944. The van der Waals surface area contributed by atoms with Crippen molar-refractivity contribution in [1.29, 1.82) is 0 Å². The number of hydrogen-bond acceptors (Lipinski definition) is 1. The van der Waals surface area contributed by atoms with Gasteiger partial charge in [-0.15, -0.1) is 0 Å². The zero-order valence-electron chi connectivity index (χ0n) is 6.43. The van der Waals surface area contributed by atoms with Gasteiger partial charge < -0.3 is 5.11 Å². The number of aromatic hydroxyl groups is 1. The molecule has 65 valence electrons. The number of phenols is 1. The van der Waals surface area contributed by atoms with Crippen LogP contribution in [0, 0.1) is 12.7 Å². The summed E-state index contributed by atoms with van der Waals surface area (Å²) in [5.74, 6) is -0.901. The molecule has 0 aliphatic carbocycles. The van der Waals surface area contributed by atoms with Crippen LogP contribution >= 0.6 is 0 Å². The molecule has 1 unspecified atom stereocenters. The van der Waals surface area contributed by atoms with Crippen molar-refractivity contribution in [3.05, 3.63) is 36.5 Å². The van der Waals surface area contributed by atoms with E-state index in [1.165, 1.54) is 6.07 Å². The third kappa shape index (κ3) is 1.94. The summed E-state index contributed by atoms with van der Waals surface area (Å²) in [4.78, 5) is 0. The van der Waals surface area contributed by atoms with Gasteiger partial charge in [-0.3, -0.25) is 0 Å². The molecule has 0 spiro atoms. The molecule has 0 amide bonds. The van der Waals surface area contributed by atoms with Gasteiger partial charge in [0.2, 0.25) is 0 Å². The van der Waals surface area contributed by atoms with E-state index in [9.17, 15) is 8.78 Å². The molecular weight excluding hydrogens is 162 g/mol. The molecule has 1 aromatic rings. The molecule has 0 fully saturated rings. The molecule has 3 heteroatoms. The molecule has 12 heavy (non-hydrogen) atoms. The average molecular weight is 171 g/mol. The van der Waals surface area contributed by atoms with Gasteiger partial charge in [0, 0.05) is 6.07 Å². The summed E-state index contributed by atoms with van der Waals surface area (Å²) in [6.45, 7) is 3.34. The Morgan fingerprint density at radius 2 is 2.08 bits per heavy atom. The van der Waals surface area contributed by atoms with Gasteiger partial charge in [-0.1, -0.05) is 6.92 Å². The Morgan fingerprint density at radius 3 is 2.58 bits per heavy atom. The summed E-state index contributed by atoms with van der Waals surface area (Å²) >= 11 is 0. The normalized spacial score (nSPS) is 12.9. The number of hydrogen-bond donors (Lipinski definition) is 1. The highest BCUT2D eigenvalue weighted by Crippen LogP contribution is 2.24. The van der Waals surface area contributed by atoms with E-state index in [2.05, 4.69) is 6.92 Å². The van der Waals surface area contributed by atoms with Crippen molar-refractivity contribution in [2.75, 3.05) is 0 Å². The van der Waals surface area contributed by atoms with Gasteiger partial charge in [-0.2, -0.15) is 0 Å². The number of phenolic OH excluding ortho intramolecular Hbond substituents is 1. The second-order valence-electron chi connectivity index (χ2n) is 2.50. The zero-order valence-corrected chi connectivity index (χ0v) is 6.43. The summed E-state index contributed by atoms with van der Waals surface area (Å²) in [7, 11) is 0. The van der Waals surface area contributed by atoms with Gasteiger partial charge in [0.15, 0.2) is 0 Å². The molecule has 0 heterocycles. The van der Waals surface area contributed by atoms with Crippen molar-refractivity contribution >= 4 is 0 Å². The third-order valence-corrected chi connectivity index (χ3v) is 1.52. The highest BCUT2D eigenvalue weighted by atomic mass is 19.1. The molecule has 1 N–H and O–H groups in total. The quantitative estimate of drug-likeness (QED) is 0.725. The third-order valence-electron chi connectivity index (χ3n) is 1.52. The molecule has 0 aliphatic heterocycles. The lowest BCUT2D eigenvalue weighted by Crippen LogP contribution is -1.90. The predicted molar refractivity (Wildman–Crippen MR) is 41.9 cm³/mol. The van der Waals surface area contributed by atoms with Crippen molar-refractivity contribution in [1.82, 2.24) is 0 Å². The highest BCUT2D eigenvalue weighted by molar-refractivity contribution is 5.29. The van der Waals surface area contributed by atoms with Crippen LogP contribution in [0.25, 0.3) is 0 Å². The molecule has 1 nitrogen and oxygen atoms in total.